The van der Waals surface area contributed by atoms with Gasteiger partial charge in [0, 0.05) is 0 Å². The average molecular weight is 253 g/mol. The van der Waals surface area contributed by atoms with E-state index in [4.69, 9.17) is 4.74 Å². The van der Waals surface area contributed by atoms with Gasteiger partial charge in [-0.15, -0.1) is 15.0 Å². The van der Waals surface area contributed by atoms with Crippen LogP contribution in [0.25, 0.3) is 16.7 Å². The van der Waals surface area contributed by atoms with Crippen molar-refractivity contribution in [3.05, 3.63) is 48.5 Å². The van der Waals surface area contributed by atoms with E-state index in [1.54, 1.807) is 4.80 Å². The fourth-order valence-electron chi connectivity index (χ4n) is 1.94. The average Bonchev–Trinajstić information content (AvgIpc) is 2.82. The number of fused-ring (bicyclic) bond motifs is 1. The maximum absolute atomic E-state index is 5.79. The monoisotopic (exact) mass is 253 g/mol. The molecule has 19 heavy (non-hydrogen) atoms. The van der Waals surface area contributed by atoms with E-state index in [2.05, 4.69) is 10.2 Å². The van der Waals surface area contributed by atoms with E-state index in [0.29, 0.717) is 0 Å². The summed E-state index contributed by atoms with van der Waals surface area (Å²) in [6.45, 7) is 4.01. The molecule has 2 aromatic carbocycles. The molecule has 0 N–H and O–H groups in total. The van der Waals surface area contributed by atoms with Crippen molar-refractivity contribution >= 4 is 11.0 Å². The molecule has 0 radical (unpaired) electrons. The van der Waals surface area contributed by atoms with E-state index in [0.717, 1.165) is 22.5 Å². The molecule has 96 valence electrons. The Labute approximate surface area is 111 Å². The van der Waals surface area contributed by atoms with Crippen molar-refractivity contribution in [2.75, 3.05) is 0 Å². The molecular weight excluding hydrogens is 238 g/mol. The molecule has 1 aromatic heterocycles. The molecule has 3 rings (SSSR count). The summed E-state index contributed by atoms with van der Waals surface area (Å²) in [7, 11) is 0. The minimum absolute atomic E-state index is 0.117. The first kappa shape index (κ1) is 11.7. The number of rotatable bonds is 3. The zero-order valence-corrected chi connectivity index (χ0v) is 10.9. The Morgan fingerprint density at radius 2 is 1.47 bits per heavy atom. The molecule has 0 bridgehead atoms. The molecule has 0 amide bonds. The van der Waals surface area contributed by atoms with Gasteiger partial charge in [0.1, 0.15) is 22.5 Å². The summed E-state index contributed by atoms with van der Waals surface area (Å²) in [5.41, 5.74) is 2.61. The second-order valence-electron chi connectivity index (χ2n) is 4.61. The van der Waals surface area contributed by atoms with Gasteiger partial charge in [-0.25, -0.2) is 0 Å². The van der Waals surface area contributed by atoms with Gasteiger partial charge in [0.2, 0.25) is 0 Å². The van der Waals surface area contributed by atoms with Crippen molar-refractivity contribution in [1.29, 1.82) is 0 Å². The maximum atomic E-state index is 5.79. The summed E-state index contributed by atoms with van der Waals surface area (Å²) >= 11 is 0. The molecular formula is C15H15N3O. The summed E-state index contributed by atoms with van der Waals surface area (Å²) in [5, 5.41) is 8.95. The van der Waals surface area contributed by atoms with E-state index in [1.165, 1.54) is 0 Å². The predicted octanol–water partition coefficient (Wildman–Crippen LogP) is 3.21. The zero-order chi connectivity index (χ0) is 13.2. The van der Waals surface area contributed by atoms with Gasteiger partial charge in [-0.2, -0.15) is 0 Å². The standard InChI is InChI=1S/C15H15N3O/c1-11(2)19-15-10-6-5-9-14(15)18-16-12-7-3-4-8-13(12)17-18/h3-11H,1-2H3. The zero-order valence-electron chi connectivity index (χ0n) is 10.9. The van der Waals surface area contributed by atoms with Crippen molar-refractivity contribution < 1.29 is 4.74 Å². The normalized spacial score (nSPS) is 11.1. The van der Waals surface area contributed by atoms with E-state index in [-0.39, 0.29) is 6.10 Å². The lowest BCUT2D eigenvalue weighted by atomic mass is 10.3. The first-order chi connectivity index (χ1) is 9.24. The lowest BCUT2D eigenvalue weighted by Crippen LogP contribution is -2.09. The quantitative estimate of drug-likeness (QED) is 0.719. The van der Waals surface area contributed by atoms with E-state index in [1.807, 2.05) is 62.4 Å². The number of benzene rings is 2. The predicted molar refractivity (Wildman–Crippen MR) is 74.6 cm³/mol. The third-order valence-electron chi connectivity index (χ3n) is 2.73. The summed E-state index contributed by atoms with van der Waals surface area (Å²) in [6.07, 6.45) is 0.117. The van der Waals surface area contributed by atoms with Crippen LogP contribution in [0.3, 0.4) is 0 Å². The van der Waals surface area contributed by atoms with E-state index >= 15 is 0 Å². The van der Waals surface area contributed by atoms with Crippen molar-refractivity contribution in [3.63, 3.8) is 0 Å². The number of ether oxygens (including phenoxy) is 1. The van der Waals surface area contributed by atoms with Gasteiger partial charge in [0.15, 0.2) is 0 Å². The lowest BCUT2D eigenvalue weighted by molar-refractivity contribution is 0.241. The Kier molecular flexibility index (Phi) is 2.91. The van der Waals surface area contributed by atoms with Crippen LogP contribution in [0.2, 0.25) is 0 Å². The van der Waals surface area contributed by atoms with Crippen molar-refractivity contribution in [2.45, 2.75) is 20.0 Å². The topological polar surface area (TPSA) is 39.9 Å². The first-order valence-electron chi connectivity index (χ1n) is 6.32. The molecule has 4 nitrogen and oxygen atoms in total. The van der Waals surface area contributed by atoms with Crippen LogP contribution < -0.4 is 4.74 Å². The van der Waals surface area contributed by atoms with Crippen LogP contribution in [0, 0.1) is 0 Å². The smallest absolute Gasteiger partial charge is 0.147 e. The summed E-state index contributed by atoms with van der Waals surface area (Å²) in [4.78, 5) is 1.63. The largest absolute Gasteiger partial charge is 0.489 e. The van der Waals surface area contributed by atoms with Crippen LogP contribution in [0.15, 0.2) is 48.5 Å². The van der Waals surface area contributed by atoms with Crippen LogP contribution in [-0.4, -0.2) is 21.1 Å². The molecule has 0 saturated heterocycles. The Morgan fingerprint density at radius 1 is 0.895 bits per heavy atom. The molecule has 0 aliphatic carbocycles. The molecule has 0 spiro atoms. The van der Waals surface area contributed by atoms with Crippen molar-refractivity contribution in [2.24, 2.45) is 0 Å². The number of hydrogen-bond acceptors (Lipinski definition) is 3. The minimum atomic E-state index is 0.117. The number of hydrogen-bond donors (Lipinski definition) is 0. The van der Waals surface area contributed by atoms with E-state index < -0.39 is 0 Å². The number of para-hydroxylation sites is 2. The lowest BCUT2D eigenvalue weighted by Gasteiger charge is -2.12. The Morgan fingerprint density at radius 3 is 2.11 bits per heavy atom. The molecule has 0 aliphatic rings. The minimum Gasteiger partial charge on any atom is -0.489 e. The fourth-order valence-corrected chi connectivity index (χ4v) is 1.94. The first-order valence-corrected chi connectivity index (χ1v) is 6.32. The van der Waals surface area contributed by atoms with Gasteiger partial charge in [-0.1, -0.05) is 24.3 Å². The Hall–Kier alpha value is -2.36. The molecule has 0 atom stereocenters. The van der Waals surface area contributed by atoms with Crippen LogP contribution in [0.1, 0.15) is 13.8 Å². The Balaban J connectivity index is 2.10. The summed E-state index contributed by atoms with van der Waals surface area (Å²) in [6, 6.07) is 15.6. The highest BCUT2D eigenvalue weighted by Crippen LogP contribution is 2.23. The van der Waals surface area contributed by atoms with Gasteiger partial charge >= 0.3 is 0 Å². The highest BCUT2D eigenvalue weighted by molar-refractivity contribution is 5.73. The molecule has 0 aliphatic heterocycles. The van der Waals surface area contributed by atoms with Crippen LogP contribution in [0.4, 0.5) is 0 Å². The van der Waals surface area contributed by atoms with Gasteiger partial charge in [-0.05, 0) is 38.1 Å². The highest BCUT2D eigenvalue weighted by atomic mass is 16.5. The third kappa shape index (κ3) is 2.29. The van der Waals surface area contributed by atoms with Crippen molar-refractivity contribution in [1.82, 2.24) is 15.0 Å². The molecule has 1 heterocycles. The highest BCUT2D eigenvalue weighted by Gasteiger charge is 2.10. The second-order valence-corrected chi connectivity index (χ2v) is 4.61. The van der Waals surface area contributed by atoms with E-state index in [9.17, 15) is 0 Å². The molecule has 0 fully saturated rings. The van der Waals surface area contributed by atoms with Crippen LogP contribution >= 0.6 is 0 Å². The van der Waals surface area contributed by atoms with Crippen LogP contribution in [-0.2, 0) is 0 Å². The molecule has 0 saturated carbocycles. The number of nitrogens with zero attached hydrogens (tertiary/aromatic N) is 3. The fraction of sp³-hybridized carbons (Fsp3) is 0.200. The van der Waals surface area contributed by atoms with Gasteiger partial charge < -0.3 is 4.74 Å². The number of aromatic nitrogens is 3. The Bertz CT molecular complexity index is 670. The van der Waals surface area contributed by atoms with Gasteiger partial charge in [-0.3, -0.25) is 0 Å². The maximum Gasteiger partial charge on any atom is 0.147 e. The molecule has 4 heteroatoms. The second kappa shape index (κ2) is 4.72. The summed E-state index contributed by atoms with van der Waals surface area (Å²) < 4.78 is 5.79. The van der Waals surface area contributed by atoms with Gasteiger partial charge in [0.25, 0.3) is 0 Å². The van der Waals surface area contributed by atoms with Crippen LogP contribution in [0.5, 0.6) is 5.75 Å². The third-order valence-corrected chi connectivity index (χ3v) is 2.73. The molecule has 3 aromatic rings. The van der Waals surface area contributed by atoms with Crippen molar-refractivity contribution in [3.8, 4) is 11.4 Å². The van der Waals surface area contributed by atoms with Gasteiger partial charge in [0.05, 0.1) is 6.10 Å². The molecule has 0 unspecified atom stereocenters. The SMILES string of the molecule is CC(C)Oc1ccccc1-n1nc2ccccc2n1. The summed E-state index contributed by atoms with van der Waals surface area (Å²) in [5.74, 6) is 0.790.